The lowest BCUT2D eigenvalue weighted by atomic mass is 9.99. The molecule has 1 aromatic carbocycles. The van der Waals surface area contributed by atoms with Crippen LogP contribution < -0.4 is 9.64 Å². The molecule has 10 heteroatoms. The third kappa shape index (κ3) is 4.08. The molecule has 0 saturated carbocycles. The number of aliphatic hydroxyl groups excluding tert-OH is 1. The predicted molar refractivity (Wildman–Crippen MR) is 124 cm³/mol. The molecule has 1 aliphatic heterocycles. The molecular weight excluding hydrogens is 460 g/mol. The number of benzene rings is 1. The molecule has 3 heterocycles. The van der Waals surface area contributed by atoms with E-state index in [-0.39, 0.29) is 33.7 Å². The van der Waals surface area contributed by atoms with Crippen molar-refractivity contribution in [2.45, 2.75) is 26.8 Å². The fourth-order valence-electron chi connectivity index (χ4n) is 3.65. The summed E-state index contributed by atoms with van der Waals surface area (Å²) in [6.45, 7) is 5.82. The number of rotatable bonds is 7. The van der Waals surface area contributed by atoms with E-state index in [2.05, 4.69) is 4.98 Å². The van der Waals surface area contributed by atoms with Crippen molar-refractivity contribution in [3.05, 3.63) is 70.1 Å². The number of aromatic nitrogens is 1. The Morgan fingerprint density at radius 2 is 1.91 bits per heavy atom. The van der Waals surface area contributed by atoms with Gasteiger partial charge in [0, 0.05) is 5.56 Å². The van der Waals surface area contributed by atoms with Crippen LogP contribution in [0.5, 0.6) is 5.75 Å². The number of aliphatic hydroxyl groups is 1. The number of ketones is 1. The molecule has 34 heavy (non-hydrogen) atoms. The second-order valence-electron chi connectivity index (χ2n) is 7.27. The summed E-state index contributed by atoms with van der Waals surface area (Å²) in [7, 11) is 0. The lowest BCUT2D eigenvalue weighted by Gasteiger charge is -2.20. The van der Waals surface area contributed by atoms with E-state index < -0.39 is 23.7 Å². The van der Waals surface area contributed by atoms with Gasteiger partial charge in [-0.2, -0.15) is 0 Å². The average molecular weight is 483 g/mol. The van der Waals surface area contributed by atoms with Crippen molar-refractivity contribution >= 4 is 39.9 Å². The quantitative estimate of drug-likeness (QED) is 0.230. The number of furan rings is 1. The zero-order chi connectivity index (χ0) is 24.4. The highest BCUT2D eigenvalue weighted by molar-refractivity contribution is 7.17. The number of carbonyl (C=O) groups excluding carboxylic acids is 3. The Kier molecular flexibility index (Phi) is 6.51. The summed E-state index contributed by atoms with van der Waals surface area (Å²) in [4.78, 5) is 44.2. The van der Waals surface area contributed by atoms with Crippen LogP contribution >= 0.6 is 11.3 Å². The van der Waals surface area contributed by atoms with Gasteiger partial charge in [-0.15, -0.1) is 0 Å². The van der Waals surface area contributed by atoms with Crippen LogP contribution in [0.4, 0.5) is 5.13 Å². The molecule has 0 spiro atoms. The van der Waals surface area contributed by atoms with Gasteiger partial charge in [0.15, 0.2) is 5.13 Å². The van der Waals surface area contributed by atoms with Gasteiger partial charge < -0.3 is 19.0 Å². The Hall–Kier alpha value is -3.92. The SMILES string of the molecule is CCOC(=O)c1sc(N2C(=O)C(=O)C(=C(O)c3ccc(OCC)cc3)[C@@H]2c2ccco2)nc1C. The maximum atomic E-state index is 13.1. The highest BCUT2D eigenvalue weighted by Gasteiger charge is 2.49. The van der Waals surface area contributed by atoms with Crippen LogP contribution in [0, 0.1) is 6.92 Å². The molecule has 0 bridgehead atoms. The third-order valence-corrected chi connectivity index (χ3v) is 6.28. The molecule has 9 nitrogen and oxygen atoms in total. The van der Waals surface area contributed by atoms with E-state index in [1.54, 1.807) is 50.2 Å². The highest BCUT2D eigenvalue weighted by Crippen LogP contribution is 2.44. The number of aryl methyl sites for hydroxylation is 1. The number of Topliss-reactive ketones (excluding diaryl/α,β-unsaturated/α-hetero) is 1. The maximum absolute atomic E-state index is 13.1. The van der Waals surface area contributed by atoms with Crippen LogP contribution in [0.3, 0.4) is 0 Å². The number of hydrogen-bond donors (Lipinski definition) is 1. The fourth-order valence-corrected chi connectivity index (χ4v) is 4.64. The first-order valence-electron chi connectivity index (χ1n) is 10.6. The van der Waals surface area contributed by atoms with Crippen molar-refractivity contribution < 1.29 is 33.4 Å². The van der Waals surface area contributed by atoms with Gasteiger partial charge >= 0.3 is 11.9 Å². The molecule has 1 fully saturated rings. The zero-order valence-electron chi connectivity index (χ0n) is 18.7. The number of ether oxygens (including phenoxy) is 2. The van der Waals surface area contributed by atoms with E-state index >= 15 is 0 Å². The van der Waals surface area contributed by atoms with Gasteiger partial charge in [-0.3, -0.25) is 14.5 Å². The largest absolute Gasteiger partial charge is 0.507 e. The van der Waals surface area contributed by atoms with Gasteiger partial charge in [0.25, 0.3) is 5.78 Å². The summed E-state index contributed by atoms with van der Waals surface area (Å²) in [6.07, 6.45) is 1.41. The standard InChI is InChI=1S/C24H22N2O7S/c1-4-31-15-10-8-14(9-11-15)19(27)17-18(16-7-6-12-33-16)26(22(29)20(17)28)24-25-13(3)21(34-24)23(30)32-5-2/h6-12,18,27H,4-5H2,1-3H3/t18-/m0/s1. The van der Waals surface area contributed by atoms with E-state index in [1.165, 1.54) is 6.26 Å². The molecule has 1 N–H and O–H groups in total. The first kappa shape index (κ1) is 23.2. The van der Waals surface area contributed by atoms with Crippen molar-refractivity contribution in [2.24, 2.45) is 0 Å². The van der Waals surface area contributed by atoms with Crippen LogP contribution in [0.25, 0.3) is 5.76 Å². The molecule has 0 radical (unpaired) electrons. The molecular formula is C24H22N2O7S. The summed E-state index contributed by atoms with van der Waals surface area (Å²) in [5.74, 6) is -1.84. The predicted octanol–water partition coefficient (Wildman–Crippen LogP) is 4.25. The highest BCUT2D eigenvalue weighted by atomic mass is 32.1. The van der Waals surface area contributed by atoms with Gasteiger partial charge in [0.1, 0.15) is 28.2 Å². The summed E-state index contributed by atoms with van der Waals surface area (Å²) in [6, 6.07) is 8.66. The van der Waals surface area contributed by atoms with Crippen molar-refractivity contribution in [2.75, 3.05) is 18.1 Å². The minimum Gasteiger partial charge on any atom is -0.507 e. The van der Waals surface area contributed by atoms with Gasteiger partial charge in [-0.25, -0.2) is 9.78 Å². The van der Waals surface area contributed by atoms with Crippen molar-refractivity contribution in [3.63, 3.8) is 0 Å². The summed E-state index contributed by atoms with van der Waals surface area (Å²) in [5.41, 5.74) is 0.556. The van der Waals surface area contributed by atoms with Crippen LogP contribution in [0.15, 0.2) is 52.7 Å². The first-order chi connectivity index (χ1) is 16.4. The minimum absolute atomic E-state index is 0.120. The third-order valence-electron chi connectivity index (χ3n) is 5.15. The Labute approximate surface area is 199 Å². The molecule has 1 aliphatic rings. The van der Waals surface area contributed by atoms with E-state index in [0.717, 1.165) is 16.2 Å². The monoisotopic (exact) mass is 482 g/mol. The molecule has 1 atom stereocenters. The number of carbonyl (C=O) groups is 3. The number of amides is 1. The van der Waals surface area contributed by atoms with Crippen LogP contribution in [0.1, 0.15) is 46.6 Å². The molecule has 0 unspecified atom stereocenters. The number of esters is 1. The molecule has 176 valence electrons. The summed E-state index contributed by atoms with van der Waals surface area (Å²) in [5, 5.41) is 11.2. The topological polar surface area (TPSA) is 119 Å². The van der Waals surface area contributed by atoms with Crippen molar-refractivity contribution in [1.82, 2.24) is 4.98 Å². The summed E-state index contributed by atoms with van der Waals surface area (Å²) >= 11 is 0.933. The number of thiazole rings is 1. The lowest BCUT2D eigenvalue weighted by Crippen LogP contribution is -2.29. The van der Waals surface area contributed by atoms with Crippen LogP contribution in [0.2, 0.25) is 0 Å². The Balaban J connectivity index is 1.83. The Morgan fingerprint density at radius 3 is 2.53 bits per heavy atom. The number of hydrogen-bond acceptors (Lipinski definition) is 9. The molecule has 2 aromatic heterocycles. The van der Waals surface area contributed by atoms with E-state index in [9.17, 15) is 19.5 Å². The number of anilines is 1. The van der Waals surface area contributed by atoms with E-state index in [1.807, 2.05) is 6.92 Å². The Morgan fingerprint density at radius 1 is 1.18 bits per heavy atom. The fraction of sp³-hybridized carbons (Fsp3) is 0.250. The second-order valence-corrected chi connectivity index (χ2v) is 8.25. The minimum atomic E-state index is -1.07. The smallest absolute Gasteiger partial charge is 0.350 e. The van der Waals surface area contributed by atoms with Gasteiger partial charge in [-0.1, -0.05) is 11.3 Å². The molecule has 3 aromatic rings. The van der Waals surface area contributed by atoms with E-state index in [0.29, 0.717) is 23.6 Å². The van der Waals surface area contributed by atoms with Crippen molar-refractivity contribution in [1.29, 1.82) is 0 Å². The molecule has 1 amide bonds. The Bertz CT molecular complexity index is 1260. The van der Waals surface area contributed by atoms with Gasteiger partial charge in [0.05, 0.1) is 30.7 Å². The van der Waals surface area contributed by atoms with Gasteiger partial charge in [-0.05, 0) is 57.2 Å². The van der Waals surface area contributed by atoms with Crippen LogP contribution in [-0.4, -0.2) is 41.0 Å². The van der Waals surface area contributed by atoms with E-state index in [4.69, 9.17) is 13.9 Å². The second kappa shape index (κ2) is 9.52. The lowest BCUT2D eigenvalue weighted by molar-refractivity contribution is -0.132. The maximum Gasteiger partial charge on any atom is 0.350 e. The van der Waals surface area contributed by atoms with Crippen LogP contribution in [-0.2, 0) is 14.3 Å². The summed E-state index contributed by atoms with van der Waals surface area (Å²) < 4.78 is 16.0. The molecule has 4 rings (SSSR count). The first-order valence-corrected chi connectivity index (χ1v) is 11.4. The number of nitrogens with zero attached hydrogens (tertiary/aromatic N) is 2. The molecule has 1 saturated heterocycles. The molecule has 0 aliphatic carbocycles. The van der Waals surface area contributed by atoms with Crippen molar-refractivity contribution in [3.8, 4) is 5.75 Å². The average Bonchev–Trinajstić information content (AvgIpc) is 3.53. The van der Waals surface area contributed by atoms with Gasteiger partial charge in [0.2, 0.25) is 0 Å². The zero-order valence-corrected chi connectivity index (χ0v) is 19.5. The normalized spacial score (nSPS) is 17.3.